The molecule has 1 aliphatic heterocycles. The molecule has 0 bridgehead atoms. The van der Waals surface area contributed by atoms with Crippen LogP contribution in [0.4, 0.5) is 5.95 Å². The largest absolute Gasteiger partial charge is 0.489 e. The van der Waals surface area contributed by atoms with Gasteiger partial charge in [0, 0.05) is 0 Å². The molecule has 0 saturated heterocycles. The van der Waals surface area contributed by atoms with Gasteiger partial charge in [-0.15, -0.1) is 0 Å². The predicted octanol–water partition coefficient (Wildman–Crippen LogP) is 5.15. The minimum Gasteiger partial charge on any atom is -0.489 e. The zero-order valence-electron chi connectivity index (χ0n) is 19.6. The van der Waals surface area contributed by atoms with E-state index in [-0.39, 0.29) is 6.61 Å². The van der Waals surface area contributed by atoms with Gasteiger partial charge in [0.25, 0.3) is 0 Å². The Balaban J connectivity index is 1.50. The first-order valence-corrected chi connectivity index (χ1v) is 11.6. The molecule has 3 aromatic carbocycles. The summed E-state index contributed by atoms with van der Waals surface area (Å²) >= 11 is 0. The number of nitrogens with one attached hydrogen (secondary N) is 1. The summed E-state index contributed by atoms with van der Waals surface area (Å²) in [7, 11) is 0. The van der Waals surface area contributed by atoms with Crippen molar-refractivity contribution in [1.29, 1.82) is 0 Å². The van der Waals surface area contributed by atoms with Gasteiger partial charge in [0.1, 0.15) is 24.7 Å². The van der Waals surface area contributed by atoms with Crippen molar-refractivity contribution in [3.05, 3.63) is 113 Å². The standard InChI is InChI=1S/C28H26N4O3/c1-3-34-27(33)24-25(21-7-5-4-6-8-21)31-28-29-18-30-32(28)26(24)22-13-15-23(16-14-22)35-17-20-11-9-19(2)10-12-20/h4-16,18,26H,3,17H2,1-2H3,(H,29,30,31)/t26-/m0/s1. The summed E-state index contributed by atoms with van der Waals surface area (Å²) in [6.45, 7) is 4.61. The van der Waals surface area contributed by atoms with Crippen LogP contribution in [0.2, 0.25) is 0 Å². The van der Waals surface area contributed by atoms with Crippen molar-refractivity contribution in [3.8, 4) is 5.75 Å². The van der Waals surface area contributed by atoms with Crippen molar-refractivity contribution in [1.82, 2.24) is 14.8 Å². The Hall–Kier alpha value is -4.39. The lowest BCUT2D eigenvalue weighted by Gasteiger charge is -2.29. The lowest BCUT2D eigenvalue weighted by atomic mass is 9.93. The lowest BCUT2D eigenvalue weighted by Crippen LogP contribution is -2.30. The van der Waals surface area contributed by atoms with E-state index in [0.29, 0.717) is 23.8 Å². The highest BCUT2D eigenvalue weighted by Crippen LogP contribution is 2.39. The number of ether oxygens (including phenoxy) is 2. The Labute approximate surface area is 204 Å². The highest BCUT2D eigenvalue weighted by Gasteiger charge is 2.36. The number of nitrogens with zero attached hydrogens (tertiary/aromatic N) is 3. The normalized spacial score (nSPS) is 14.7. The van der Waals surface area contributed by atoms with Gasteiger partial charge in [-0.05, 0) is 42.7 Å². The van der Waals surface area contributed by atoms with Gasteiger partial charge in [0.2, 0.25) is 5.95 Å². The second kappa shape index (κ2) is 9.85. The van der Waals surface area contributed by atoms with E-state index < -0.39 is 12.0 Å². The highest BCUT2D eigenvalue weighted by atomic mass is 16.5. The van der Waals surface area contributed by atoms with Gasteiger partial charge in [-0.1, -0.05) is 72.3 Å². The molecule has 0 aliphatic carbocycles. The average Bonchev–Trinajstić information content (AvgIpc) is 3.37. The molecule has 0 saturated carbocycles. The summed E-state index contributed by atoms with van der Waals surface area (Å²) in [4.78, 5) is 17.6. The van der Waals surface area contributed by atoms with Crippen LogP contribution in [-0.2, 0) is 16.1 Å². The molecule has 0 unspecified atom stereocenters. The molecule has 7 nitrogen and oxygen atoms in total. The number of anilines is 1. The molecule has 2 heterocycles. The molecule has 0 fully saturated rings. The monoisotopic (exact) mass is 466 g/mol. The average molecular weight is 467 g/mol. The van der Waals surface area contributed by atoms with E-state index >= 15 is 0 Å². The minimum absolute atomic E-state index is 0.271. The fourth-order valence-corrected chi connectivity index (χ4v) is 4.13. The van der Waals surface area contributed by atoms with Gasteiger partial charge >= 0.3 is 5.97 Å². The van der Waals surface area contributed by atoms with Gasteiger partial charge in [-0.25, -0.2) is 9.48 Å². The third kappa shape index (κ3) is 4.66. The van der Waals surface area contributed by atoms with Crippen molar-refractivity contribution in [2.24, 2.45) is 0 Å². The van der Waals surface area contributed by atoms with E-state index in [2.05, 4.69) is 46.6 Å². The second-order valence-corrected chi connectivity index (χ2v) is 8.27. The van der Waals surface area contributed by atoms with E-state index in [4.69, 9.17) is 9.47 Å². The molecule has 0 amide bonds. The first-order valence-electron chi connectivity index (χ1n) is 11.6. The number of aryl methyl sites for hydroxylation is 1. The van der Waals surface area contributed by atoms with Gasteiger partial charge in [0.15, 0.2) is 0 Å². The predicted molar refractivity (Wildman–Crippen MR) is 134 cm³/mol. The zero-order chi connectivity index (χ0) is 24.2. The first kappa shape index (κ1) is 22.4. The molecule has 0 radical (unpaired) electrons. The van der Waals surface area contributed by atoms with Crippen molar-refractivity contribution in [2.45, 2.75) is 26.5 Å². The number of hydrogen-bond donors (Lipinski definition) is 1. The van der Waals surface area contributed by atoms with Crippen LogP contribution in [-0.4, -0.2) is 27.3 Å². The third-order valence-electron chi connectivity index (χ3n) is 5.88. The Morgan fingerprint density at radius 2 is 1.74 bits per heavy atom. The molecular weight excluding hydrogens is 440 g/mol. The Morgan fingerprint density at radius 1 is 1.00 bits per heavy atom. The van der Waals surface area contributed by atoms with Crippen LogP contribution in [0, 0.1) is 6.92 Å². The Kier molecular flexibility index (Phi) is 6.30. The van der Waals surface area contributed by atoms with Crippen molar-refractivity contribution >= 4 is 17.6 Å². The van der Waals surface area contributed by atoms with Crippen LogP contribution in [0.3, 0.4) is 0 Å². The molecule has 1 N–H and O–H groups in total. The lowest BCUT2D eigenvalue weighted by molar-refractivity contribution is -0.138. The maximum absolute atomic E-state index is 13.2. The molecule has 176 valence electrons. The van der Waals surface area contributed by atoms with E-state index in [0.717, 1.165) is 22.4 Å². The number of benzene rings is 3. The summed E-state index contributed by atoms with van der Waals surface area (Å²) < 4.78 is 13.2. The maximum atomic E-state index is 13.2. The number of hydrogen-bond acceptors (Lipinski definition) is 6. The number of carbonyl (C=O) groups is 1. The number of rotatable bonds is 7. The van der Waals surface area contributed by atoms with Crippen LogP contribution < -0.4 is 10.1 Å². The molecule has 1 atom stereocenters. The van der Waals surface area contributed by atoms with Crippen LogP contribution >= 0.6 is 0 Å². The van der Waals surface area contributed by atoms with Crippen molar-refractivity contribution in [3.63, 3.8) is 0 Å². The zero-order valence-corrected chi connectivity index (χ0v) is 19.6. The Bertz CT molecular complexity index is 1340. The first-order chi connectivity index (χ1) is 17.1. The molecule has 4 aromatic rings. The highest BCUT2D eigenvalue weighted by molar-refractivity contribution is 6.02. The van der Waals surface area contributed by atoms with E-state index in [1.54, 1.807) is 11.6 Å². The summed E-state index contributed by atoms with van der Waals surface area (Å²) in [5.41, 5.74) is 5.20. The summed E-state index contributed by atoms with van der Waals surface area (Å²) in [5, 5.41) is 7.69. The second-order valence-electron chi connectivity index (χ2n) is 8.27. The number of aromatic nitrogens is 3. The van der Waals surface area contributed by atoms with Gasteiger partial charge in [0.05, 0.1) is 17.9 Å². The van der Waals surface area contributed by atoms with Gasteiger partial charge in [-0.3, -0.25) is 0 Å². The molecular formula is C28H26N4O3. The smallest absolute Gasteiger partial charge is 0.338 e. The van der Waals surface area contributed by atoms with E-state index in [1.807, 2.05) is 54.6 Å². The summed E-state index contributed by atoms with van der Waals surface area (Å²) in [6.07, 6.45) is 1.48. The quantitative estimate of drug-likeness (QED) is 0.379. The summed E-state index contributed by atoms with van der Waals surface area (Å²) in [5.74, 6) is 0.901. The van der Waals surface area contributed by atoms with Crippen molar-refractivity contribution < 1.29 is 14.3 Å². The topological polar surface area (TPSA) is 78.3 Å². The maximum Gasteiger partial charge on any atom is 0.338 e. The summed E-state index contributed by atoms with van der Waals surface area (Å²) in [6, 6.07) is 25.2. The van der Waals surface area contributed by atoms with Gasteiger partial charge in [-0.2, -0.15) is 10.1 Å². The van der Waals surface area contributed by atoms with Gasteiger partial charge < -0.3 is 14.8 Å². The number of carbonyl (C=O) groups excluding carboxylic acids is 1. The van der Waals surface area contributed by atoms with Crippen molar-refractivity contribution in [2.75, 3.05) is 11.9 Å². The molecule has 35 heavy (non-hydrogen) atoms. The van der Waals surface area contributed by atoms with Crippen LogP contribution in [0.25, 0.3) is 5.70 Å². The molecule has 7 heteroatoms. The molecule has 5 rings (SSSR count). The van der Waals surface area contributed by atoms with Crippen LogP contribution in [0.15, 0.2) is 90.8 Å². The van der Waals surface area contributed by atoms with E-state index in [1.165, 1.54) is 11.9 Å². The Morgan fingerprint density at radius 3 is 2.46 bits per heavy atom. The molecule has 1 aliphatic rings. The fourth-order valence-electron chi connectivity index (χ4n) is 4.13. The SMILES string of the molecule is CCOC(=O)C1=C(c2ccccc2)Nc2ncnn2[C@H]1c1ccc(OCc2ccc(C)cc2)cc1. The molecule has 0 spiro atoms. The van der Waals surface area contributed by atoms with E-state index in [9.17, 15) is 4.79 Å². The van der Waals surface area contributed by atoms with Crippen LogP contribution in [0.5, 0.6) is 5.75 Å². The third-order valence-corrected chi connectivity index (χ3v) is 5.88. The number of fused-ring (bicyclic) bond motifs is 1. The van der Waals surface area contributed by atoms with Crippen LogP contribution in [0.1, 0.15) is 35.2 Å². The minimum atomic E-state index is -0.505. The fraction of sp³-hybridized carbons (Fsp3) is 0.179. The molecule has 1 aromatic heterocycles. The number of esters is 1.